The zero-order valence-corrected chi connectivity index (χ0v) is 14.7. The SMILES string of the molecule is c1ccc2c(c1)[Se]c1ccc3cccc4c3c1B2c1ccccc1-4. The van der Waals surface area contributed by atoms with E-state index in [1.165, 1.54) is 37.3 Å². The van der Waals surface area contributed by atoms with Gasteiger partial charge in [-0.15, -0.1) is 0 Å². The van der Waals surface area contributed by atoms with Crippen LogP contribution in [0.1, 0.15) is 0 Å². The van der Waals surface area contributed by atoms with E-state index in [0.29, 0.717) is 21.7 Å². The van der Waals surface area contributed by atoms with Gasteiger partial charge in [-0.3, -0.25) is 0 Å². The minimum atomic E-state index is 0.390. The van der Waals surface area contributed by atoms with Crippen molar-refractivity contribution < 1.29 is 0 Å². The third kappa shape index (κ3) is 1.55. The number of hydrogen-bond acceptors (Lipinski definition) is 0. The Bertz CT molecular complexity index is 1150. The number of rotatable bonds is 0. The van der Waals surface area contributed by atoms with Gasteiger partial charge in [0.2, 0.25) is 0 Å². The molecule has 4 aromatic rings. The fourth-order valence-corrected chi connectivity index (χ4v) is 6.81. The van der Waals surface area contributed by atoms with E-state index in [0.717, 1.165) is 0 Å². The van der Waals surface area contributed by atoms with Gasteiger partial charge in [0.05, 0.1) is 0 Å². The molecule has 0 aromatic heterocycles. The van der Waals surface area contributed by atoms with Gasteiger partial charge in [-0.05, 0) is 0 Å². The van der Waals surface area contributed by atoms with E-state index in [9.17, 15) is 0 Å². The average molecular weight is 367 g/mol. The molecule has 0 N–H and O–H groups in total. The summed E-state index contributed by atoms with van der Waals surface area (Å²) in [4.78, 5) is 0. The molecule has 0 aliphatic carbocycles. The third-order valence-electron chi connectivity index (χ3n) is 5.35. The molecule has 2 aliphatic rings. The third-order valence-corrected chi connectivity index (χ3v) is 7.80. The first-order valence-electron chi connectivity index (χ1n) is 8.33. The van der Waals surface area contributed by atoms with E-state index >= 15 is 0 Å². The van der Waals surface area contributed by atoms with E-state index in [2.05, 4.69) is 78.9 Å². The fraction of sp³-hybridized carbons (Fsp3) is 0. The van der Waals surface area contributed by atoms with Crippen molar-refractivity contribution in [2.24, 2.45) is 0 Å². The molecule has 6 rings (SSSR count). The van der Waals surface area contributed by atoms with Crippen LogP contribution in [-0.4, -0.2) is 21.7 Å². The van der Waals surface area contributed by atoms with Crippen LogP contribution < -0.4 is 25.3 Å². The summed E-state index contributed by atoms with van der Waals surface area (Å²) in [7, 11) is 0. The molecule has 24 heavy (non-hydrogen) atoms. The normalized spacial score (nSPS) is 13.6. The van der Waals surface area contributed by atoms with Crippen molar-refractivity contribution in [2.75, 3.05) is 0 Å². The summed E-state index contributed by atoms with van der Waals surface area (Å²) in [5.74, 6) is 0. The van der Waals surface area contributed by atoms with E-state index < -0.39 is 0 Å². The van der Waals surface area contributed by atoms with Gasteiger partial charge in [-0.2, -0.15) is 0 Å². The Morgan fingerprint density at radius 3 is 2.33 bits per heavy atom. The van der Waals surface area contributed by atoms with Crippen LogP contribution in [0.25, 0.3) is 21.9 Å². The minimum absolute atomic E-state index is 0.390. The Hall–Kier alpha value is -2.28. The van der Waals surface area contributed by atoms with E-state index in [4.69, 9.17) is 0 Å². The monoisotopic (exact) mass is 368 g/mol. The Morgan fingerprint density at radius 2 is 1.38 bits per heavy atom. The Labute approximate surface area is 147 Å². The van der Waals surface area contributed by atoms with Crippen molar-refractivity contribution in [1.29, 1.82) is 0 Å². The molecule has 2 heteroatoms. The van der Waals surface area contributed by atoms with Crippen molar-refractivity contribution in [2.45, 2.75) is 0 Å². The number of benzene rings is 4. The second-order valence-electron chi connectivity index (χ2n) is 6.54. The molecule has 0 saturated heterocycles. The molecule has 2 aliphatic heterocycles. The predicted molar refractivity (Wildman–Crippen MR) is 106 cm³/mol. The Morgan fingerprint density at radius 1 is 0.583 bits per heavy atom. The summed E-state index contributed by atoms with van der Waals surface area (Å²) in [6.07, 6.45) is 0. The molecule has 0 spiro atoms. The summed E-state index contributed by atoms with van der Waals surface area (Å²) >= 11 is 0.399. The van der Waals surface area contributed by atoms with Crippen molar-refractivity contribution >= 4 is 57.8 Å². The molecule has 0 unspecified atom stereocenters. The van der Waals surface area contributed by atoms with Crippen LogP contribution in [0.5, 0.6) is 0 Å². The Balaban J connectivity index is 1.86. The van der Waals surface area contributed by atoms with Gasteiger partial charge in [0.1, 0.15) is 0 Å². The van der Waals surface area contributed by atoms with Gasteiger partial charge >= 0.3 is 148 Å². The molecule has 0 fully saturated rings. The molecular weight excluding hydrogens is 354 g/mol. The van der Waals surface area contributed by atoms with Crippen LogP contribution in [-0.2, 0) is 0 Å². The topological polar surface area (TPSA) is 0 Å². The predicted octanol–water partition coefficient (Wildman–Crippen LogP) is 1.30. The summed E-state index contributed by atoms with van der Waals surface area (Å²) < 4.78 is 3.09. The zero-order valence-electron chi connectivity index (χ0n) is 13.0. The van der Waals surface area contributed by atoms with Crippen LogP contribution in [0, 0.1) is 0 Å². The maximum atomic E-state index is 2.37. The van der Waals surface area contributed by atoms with Crippen LogP contribution in [0.4, 0.5) is 0 Å². The number of hydrogen-bond donors (Lipinski definition) is 0. The van der Waals surface area contributed by atoms with Crippen molar-refractivity contribution in [3.63, 3.8) is 0 Å². The molecule has 0 atom stereocenters. The van der Waals surface area contributed by atoms with Gasteiger partial charge in [0.15, 0.2) is 0 Å². The van der Waals surface area contributed by atoms with Gasteiger partial charge < -0.3 is 0 Å². The quantitative estimate of drug-likeness (QED) is 0.355. The molecule has 4 aromatic carbocycles. The molecule has 0 bridgehead atoms. The standard InChI is InChI=1S/C22H13BSe/c1-2-9-17-15(7-1)16-8-5-6-14-12-13-20-22(21(14)16)23(17)18-10-3-4-11-19(18)24-20/h1-13H. The maximum absolute atomic E-state index is 2.37. The molecular formula is C22H13BSe. The van der Waals surface area contributed by atoms with Gasteiger partial charge in [-0.25, -0.2) is 0 Å². The molecule has 0 radical (unpaired) electrons. The van der Waals surface area contributed by atoms with Crippen molar-refractivity contribution in [3.8, 4) is 11.1 Å². The molecule has 0 saturated carbocycles. The van der Waals surface area contributed by atoms with Gasteiger partial charge in [-0.1, -0.05) is 0 Å². The Kier molecular flexibility index (Phi) is 2.52. The summed E-state index contributed by atoms with van der Waals surface area (Å²) in [6.45, 7) is 0.390. The fourth-order valence-electron chi connectivity index (χ4n) is 4.39. The zero-order chi connectivity index (χ0) is 15.7. The summed E-state index contributed by atoms with van der Waals surface area (Å²) in [5.41, 5.74) is 7.36. The van der Waals surface area contributed by atoms with E-state index in [1.807, 2.05) is 0 Å². The van der Waals surface area contributed by atoms with Gasteiger partial charge in [0, 0.05) is 0 Å². The average Bonchev–Trinajstić information content (AvgIpc) is 2.66. The number of fused-ring (bicyclic) bond motifs is 5. The van der Waals surface area contributed by atoms with Crippen molar-refractivity contribution in [3.05, 3.63) is 78.9 Å². The van der Waals surface area contributed by atoms with Crippen molar-refractivity contribution in [1.82, 2.24) is 0 Å². The van der Waals surface area contributed by atoms with Gasteiger partial charge in [0.25, 0.3) is 0 Å². The first-order chi connectivity index (χ1) is 11.9. The van der Waals surface area contributed by atoms with E-state index in [-0.39, 0.29) is 0 Å². The molecule has 0 nitrogen and oxygen atoms in total. The molecule has 0 amide bonds. The van der Waals surface area contributed by atoms with Crippen LogP contribution >= 0.6 is 0 Å². The summed E-state index contributed by atoms with van der Waals surface area (Å²) in [6, 6.07) is 29.5. The summed E-state index contributed by atoms with van der Waals surface area (Å²) in [5, 5.41) is 2.86. The molecule has 110 valence electrons. The van der Waals surface area contributed by atoms with Crippen LogP contribution in [0.15, 0.2) is 78.9 Å². The van der Waals surface area contributed by atoms with Crippen LogP contribution in [0.2, 0.25) is 0 Å². The van der Waals surface area contributed by atoms with E-state index in [1.54, 1.807) is 9.92 Å². The second kappa shape index (κ2) is 4.63. The first-order valence-corrected chi connectivity index (χ1v) is 10.0. The molecule has 2 heterocycles. The second-order valence-corrected chi connectivity index (χ2v) is 8.82. The van der Waals surface area contributed by atoms with Crippen LogP contribution in [0.3, 0.4) is 0 Å². The first kappa shape index (κ1) is 13.1.